The normalized spacial score (nSPS) is 22.9. The van der Waals surface area contributed by atoms with E-state index in [1.54, 1.807) is 12.4 Å². The van der Waals surface area contributed by atoms with E-state index in [1.165, 1.54) is 0 Å². The summed E-state index contributed by atoms with van der Waals surface area (Å²) in [4.78, 5) is 8.90. The molecule has 1 saturated carbocycles. The fraction of sp³-hybridized carbons (Fsp3) is 0.778. The van der Waals surface area contributed by atoms with Gasteiger partial charge < -0.3 is 12.5 Å². The fourth-order valence-electron chi connectivity index (χ4n) is 3.07. The van der Waals surface area contributed by atoms with E-state index in [9.17, 15) is 0 Å². The molecule has 2 rings (SSSR count). The quantitative estimate of drug-likeness (QED) is 0.498. The maximum atomic E-state index is 5.90. The molecule has 0 spiro atoms. The summed E-state index contributed by atoms with van der Waals surface area (Å²) in [6, 6.07) is 0. The number of halogens is 1. The molecule has 0 saturated heterocycles. The summed E-state index contributed by atoms with van der Waals surface area (Å²) in [6.45, 7) is 9.37. The summed E-state index contributed by atoms with van der Waals surface area (Å²) in [5, 5.41) is 0. The predicted molar refractivity (Wildman–Crippen MR) is 102 cm³/mol. The van der Waals surface area contributed by atoms with E-state index in [1.807, 2.05) is 23.0 Å². The minimum absolute atomic E-state index is 0.233. The standard InChI is InChI=1S/C18H29IN2O3/c1-12(2)23-15-7-16(8-15)24-17-9-20-18(21-10-17)6-13(3)5-14(4)11-22-19/h9-10,12-16H,5-8,11H2,1-4H3. The van der Waals surface area contributed by atoms with Crippen LogP contribution in [0.4, 0.5) is 0 Å². The molecule has 0 amide bonds. The van der Waals surface area contributed by atoms with Crippen molar-refractivity contribution in [3.05, 3.63) is 18.2 Å². The van der Waals surface area contributed by atoms with Crippen LogP contribution in [0.25, 0.3) is 0 Å². The minimum Gasteiger partial charge on any atom is -0.487 e. The highest BCUT2D eigenvalue weighted by atomic mass is 127. The maximum Gasteiger partial charge on any atom is 0.156 e. The van der Waals surface area contributed by atoms with Crippen LogP contribution in [-0.2, 0) is 14.2 Å². The Morgan fingerprint density at radius 2 is 1.75 bits per heavy atom. The van der Waals surface area contributed by atoms with Gasteiger partial charge in [0.05, 0.1) is 31.2 Å². The number of rotatable bonds is 10. The van der Waals surface area contributed by atoms with E-state index in [4.69, 9.17) is 12.5 Å². The molecule has 6 heteroatoms. The summed E-state index contributed by atoms with van der Waals surface area (Å²) in [6.07, 6.45) is 8.35. The molecule has 0 aromatic carbocycles. The third-order valence-corrected chi connectivity index (χ3v) is 4.54. The monoisotopic (exact) mass is 448 g/mol. The lowest BCUT2D eigenvalue weighted by Gasteiger charge is -2.36. The van der Waals surface area contributed by atoms with Gasteiger partial charge >= 0.3 is 0 Å². The lowest BCUT2D eigenvalue weighted by atomic mass is 9.92. The van der Waals surface area contributed by atoms with Gasteiger partial charge in [0.15, 0.2) is 5.75 Å². The average Bonchev–Trinajstić information content (AvgIpc) is 2.46. The number of hydrogen-bond acceptors (Lipinski definition) is 5. The molecule has 1 aromatic rings. The first-order valence-electron chi connectivity index (χ1n) is 8.82. The average molecular weight is 448 g/mol. The summed E-state index contributed by atoms with van der Waals surface area (Å²) in [7, 11) is 0. The first-order chi connectivity index (χ1) is 11.5. The van der Waals surface area contributed by atoms with Crippen molar-refractivity contribution in [3.63, 3.8) is 0 Å². The Bertz CT molecular complexity index is 478. The van der Waals surface area contributed by atoms with Crippen molar-refractivity contribution in [2.45, 2.75) is 71.7 Å². The minimum atomic E-state index is 0.233. The Kier molecular flexibility index (Phi) is 8.16. The smallest absolute Gasteiger partial charge is 0.156 e. The molecular weight excluding hydrogens is 419 g/mol. The van der Waals surface area contributed by atoms with E-state index in [0.717, 1.165) is 43.9 Å². The zero-order chi connectivity index (χ0) is 17.5. The molecule has 24 heavy (non-hydrogen) atoms. The molecule has 2 atom stereocenters. The molecule has 1 aromatic heterocycles. The van der Waals surface area contributed by atoms with Gasteiger partial charge in [-0.05, 0) is 32.1 Å². The Morgan fingerprint density at radius 1 is 1.08 bits per heavy atom. The number of hydrogen-bond donors (Lipinski definition) is 0. The van der Waals surface area contributed by atoms with Crippen molar-refractivity contribution < 1.29 is 12.5 Å². The molecule has 1 aliphatic carbocycles. The van der Waals surface area contributed by atoms with E-state index in [-0.39, 0.29) is 12.2 Å². The largest absolute Gasteiger partial charge is 0.487 e. The maximum absolute atomic E-state index is 5.90. The SMILES string of the molecule is CC(COI)CC(C)Cc1ncc(OC2CC(OC(C)C)C2)cn1. The van der Waals surface area contributed by atoms with E-state index in [0.29, 0.717) is 17.9 Å². The third-order valence-electron chi connectivity index (χ3n) is 4.18. The van der Waals surface area contributed by atoms with Crippen molar-refractivity contribution in [2.75, 3.05) is 6.61 Å². The molecule has 2 unspecified atom stereocenters. The molecule has 0 bridgehead atoms. The van der Waals surface area contributed by atoms with Crippen LogP contribution in [0, 0.1) is 11.8 Å². The van der Waals surface area contributed by atoms with Gasteiger partial charge in [-0.25, -0.2) is 9.97 Å². The number of nitrogens with zero attached hydrogens (tertiary/aromatic N) is 2. The summed E-state index contributed by atoms with van der Waals surface area (Å²) in [5.74, 6) is 2.73. The third kappa shape index (κ3) is 6.80. The van der Waals surface area contributed by atoms with Crippen LogP contribution in [0.2, 0.25) is 0 Å². The lowest BCUT2D eigenvalue weighted by molar-refractivity contribution is -0.0851. The van der Waals surface area contributed by atoms with Gasteiger partial charge in [-0.3, -0.25) is 0 Å². The van der Waals surface area contributed by atoms with Crippen LogP contribution < -0.4 is 4.74 Å². The Hall–Kier alpha value is -0.470. The van der Waals surface area contributed by atoms with Gasteiger partial charge in [0.1, 0.15) is 34.9 Å². The Labute approximate surface area is 159 Å². The highest BCUT2D eigenvalue weighted by molar-refractivity contribution is 14.1. The predicted octanol–water partition coefficient (Wildman–Crippen LogP) is 4.38. The van der Waals surface area contributed by atoms with Crippen molar-refractivity contribution in [3.8, 4) is 5.75 Å². The number of aromatic nitrogens is 2. The van der Waals surface area contributed by atoms with Gasteiger partial charge in [0.2, 0.25) is 0 Å². The van der Waals surface area contributed by atoms with Crippen molar-refractivity contribution >= 4 is 23.0 Å². The van der Waals surface area contributed by atoms with Crippen LogP contribution in [0.5, 0.6) is 5.75 Å². The van der Waals surface area contributed by atoms with Gasteiger partial charge in [-0.2, -0.15) is 0 Å². The van der Waals surface area contributed by atoms with Gasteiger partial charge in [0.25, 0.3) is 0 Å². The summed E-state index contributed by atoms with van der Waals surface area (Å²) in [5.41, 5.74) is 0. The summed E-state index contributed by atoms with van der Waals surface area (Å²) < 4.78 is 16.8. The second kappa shape index (κ2) is 9.87. The zero-order valence-corrected chi connectivity index (χ0v) is 17.2. The topological polar surface area (TPSA) is 53.5 Å². The second-order valence-electron chi connectivity index (χ2n) is 7.28. The zero-order valence-electron chi connectivity index (χ0n) is 15.1. The number of ether oxygens (including phenoxy) is 2. The van der Waals surface area contributed by atoms with Crippen molar-refractivity contribution in [2.24, 2.45) is 11.8 Å². The Morgan fingerprint density at radius 3 is 2.33 bits per heavy atom. The Balaban J connectivity index is 1.71. The summed E-state index contributed by atoms with van der Waals surface area (Å²) >= 11 is 1.95. The molecule has 0 aliphatic heterocycles. The lowest BCUT2D eigenvalue weighted by Crippen LogP contribution is -2.40. The molecule has 1 aliphatic rings. The van der Waals surface area contributed by atoms with Crippen LogP contribution in [0.3, 0.4) is 0 Å². The molecule has 1 fully saturated rings. The van der Waals surface area contributed by atoms with Gasteiger partial charge in [0, 0.05) is 19.3 Å². The van der Waals surface area contributed by atoms with E-state index >= 15 is 0 Å². The molecule has 136 valence electrons. The first-order valence-corrected chi connectivity index (χ1v) is 9.70. The van der Waals surface area contributed by atoms with Crippen LogP contribution in [0.1, 0.15) is 52.8 Å². The van der Waals surface area contributed by atoms with Crippen molar-refractivity contribution in [1.82, 2.24) is 9.97 Å². The van der Waals surface area contributed by atoms with Gasteiger partial charge in [-0.1, -0.05) is 13.8 Å². The van der Waals surface area contributed by atoms with Crippen molar-refractivity contribution in [1.29, 1.82) is 0 Å². The second-order valence-corrected chi connectivity index (χ2v) is 7.90. The molecule has 0 radical (unpaired) electrons. The molecular formula is C18H29IN2O3. The van der Waals surface area contributed by atoms with Crippen LogP contribution >= 0.6 is 23.0 Å². The fourth-order valence-corrected chi connectivity index (χ4v) is 3.68. The molecule has 1 heterocycles. The van der Waals surface area contributed by atoms with Crippen LogP contribution in [0.15, 0.2) is 12.4 Å². The highest BCUT2D eigenvalue weighted by Crippen LogP contribution is 2.28. The van der Waals surface area contributed by atoms with Crippen LogP contribution in [-0.4, -0.2) is 34.9 Å². The molecule has 5 nitrogen and oxygen atoms in total. The van der Waals surface area contributed by atoms with Gasteiger partial charge in [-0.15, -0.1) is 0 Å². The van der Waals surface area contributed by atoms with E-state index < -0.39 is 0 Å². The van der Waals surface area contributed by atoms with E-state index in [2.05, 4.69) is 37.7 Å². The molecule has 0 N–H and O–H groups in total. The first kappa shape index (κ1) is 19.8. The highest BCUT2D eigenvalue weighted by Gasteiger charge is 2.32.